The van der Waals surface area contributed by atoms with E-state index in [1.807, 2.05) is 0 Å². The number of thiazole rings is 1. The van der Waals surface area contributed by atoms with Crippen molar-refractivity contribution in [1.82, 2.24) is 10.3 Å². The summed E-state index contributed by atoms with van der Waals surface area (Å²) in [7, 11) is -1.21. The number of rotatable bonds is 7. The molecule has 0 radical (unpaired) electrons. The summed E-state index contributed by atoms with van der Waals surface area (Å²) in [4.78, 5) is 5.78. The molecule has 1 unspecified atom stereocenters. The van der Waals surface area contributed by atoms with Crippen molar-refractivity contribution in [2.24, 2.45) is 0 Å². The number of hydrogen-bond acceptors (Lipinski definition) is 6. The maximum Gasteiger partial charge on any atom is 0.151 e. The number of hydrogen-bond donors (Lipinski definition) is 1. The van der Waals surface area contributed by atoms with Gasteiger partial charge in [-0.1, -0.05) is 6.92 Å². The predicted molar refractivity (Wildman–Crippen MR) is 80.8 cm³/mol. The van der Waals surface area contributed by atoms with Crippen molar-refractivity contribution in [2.45, 2.75) is 38.8 Å². The summed E-state index contributed by atoms with van der Waals surface area (Å²) in [5.74, 6) is 0.607. The maximum absolute atomic E-state index is 11.6. The summed E-state index contributed by atoms with van der Waals surface area (Å²) in [6.45, 7) is 4.37. The third kappa shape index (κ3) is 4.00. The van der Waals surface area contributed by atoms with E-state index in [1.54, 1.807) is 18.4 Å². The van der Waals surface area contributed by atoms with Gasteiger partial charge in [0.05, 0.1) is 28.8 Å². The quantitative estimate of drug-likeness (QED) is 0.775. The van der Waals surface area contributed by atoms with Crippen LogP contribution in [0.3, 0.4) is 0 Å². The first-order valence-electron chi connectivity index (χ1n) is 6.94. The largest absolute Gasteiger partial charge is 0.378 e. The van der Waals surface area contributed by atoms with E-state index in [-0.39, 0.29) is 11.7 Å². The number of methoxy groups -OCH3 is 1. The van der Waals surface area contributed by atoms with Gasteiger partial charge in [-0.3, -0.25) is 0 Å². The predicted octanol–water partition coefficient (Wildman–Crippen LogP) is 1.69. The smallest absolute Gasteiger partial charge is 0.151 e. The molecule has 0 amide bonds. The Labute approximate surface area is 124 Å². The van der Waals surface area contributed by atoms with Crippen molar-refractivity contribution >= 4 is 21.2 Å². The highest BCUT2D eigenvalue weighted by Gasteiger charge is 2.31. The monoisotopic (exact) mass is 318 g/mol. The molecule has 0 spiro atoms. The van der Waals surface area contributed by atoms with E-state index in [4.69, 9.17) is 4.74 Å². The standard InChI is InChI=1S/C13H22N2O3S2/c1-3-5-14-7-12-11(8-18-2)15-13(19-12)10-4-6-20(16,17)9-10/h10,14H,3-9H2,1-2H3. The number of sulfone groups is 1. The van der Waals surface area contributed by atoms with Gasteiger partial charge < -0.3 is 10.1 Å². The van der Waals surface area contributed by atoms with E-state index in [2.05, 4.69) is 17.2 Å². The van der Waals surface area contributed by atoms with Gasteiger partial charge in [-0.15, -0.1) is 11.3 Å². The zero-order chi connectivity index (χ0) is 14.6. The molecular weight excluding hydrogens is 296 g/mol. The Hall–Kier alpha value is -0.500. The van der Waals surface area contributed by atoms with Crippen molar-refractivity contribution in [3.63, 3.8) is 0 Å². The van der Waals surface area contributed by atoms with Crippen LogP contribution in [0.25, 0.3) is 0 Å². The van der Waals surface area contributed by atoms with Gasteiger partial charge in [0.2, 0.25) is 0 Å². The molecular formula is C13H22N2O3S2. The topological polar surface area (TPSA) is 68.3 Å². The van der Waals surface area contributed by atoms with Crippen LogP contribution < -0.4 is 5.32 Å². The summed E-state index contributed by atoms with van der Waals surface area (Å²) in [6.07, 6.45) is 1.79. The Morgan fingerprint density at radius 3 is 2.90 bits per heavy atom. The third-order valence-corrected chi connectivity index (χ3v) is 6.40. The lowest BCUT2D eigenvalue weighted by Gasteiger charge is -2.02. The Balaban J connectivity index is 2.12. The number of ether oxygens (including phenoxy) is 1. The van der Waals surface area contributed by atoms with Crippen LogP contribution in [-0.2, 0) is 27.7 Å². The van der Waals surface area contributed by atoms with Crippen LogP contribution in [0.5, 0.6) is 0 Å². The highest BCUT2D eigenvalue weighted by atomic mass is 32.2. The van der Waals surface area contributed by atoms with Crippen molar-refractivity contribution in [3.8, 4) is 0 Å². The minimum absolute atomic E-state index is 0.0699. The van der Waals surface area contributed by atoms with Crippen molar-refractivity contribution in [3.05, 3.63) is 15.6 Å². The van der Waals surface area contributed by atoms with Crippen LogP contribution in [0.4, 0.5) is 0 Å². The van der Waals surface area contributed by atoms with Crippen LogP contribution >= 0.6 is 11.3 Å². The SMILES string of the molecule is CCCNCc1sc(C2CCS(=O)(=O)C2)nc1COC. The number of nitrogens with zero attached hydrogens (tertiary/aromatic N) is 1. The molecule has 2 heterocycles. The second-order valence-corrected chi connectivity index (χ2v) is 8.48. The number of aromatic nitrogens is 1. The fraction of sp³-hybridized carbons (Fsp3) is 0.769. The van der Waals surface area contributed by atoms with Crippen LogP contribution in [0.15, 0.2) is 0 Å². The fourth-order valence-electron chi connectivity index (χ4n) is 2.33. The highest BCUT2D eigenvalue weighted by Crippen LogP contribution is 2.33. The molecule has 1 aliphatic heterocycles. The van der Waals surface area contributed by atoms with Crippen molar-refractivity contribution in [1.29, 1.82) is 0 Å². The molecule has 2 rings (SSSR count). The molecule has 114 valence electrons. The molecule has 1 atom stereocenters. The lowest BCUT2D eigenvalue weighted by Crippen LogP contribution is -2.14. The second-order valence-electron chi connectivity index (χ2n) is 5.13. The van der Waals surface area contributed by atoms with Crippen molar-refractivity contribution < 1.29 is 13.2 Å². The molecule has 0 saturated carbocycles. The average molecular weight is 318 g/mol. The van der Waals surface area contributed by atoms with Crippen LogP contribution in [0, 0.1) is 0 Å². The zero-order valence-corrected chi connectivity index (χ0v) is 13.6. The second kappa shape index (κ2) is 6.98. The third-order valence-electron chi connectivity index (χ3n) is 3.37. The molecule has 0 bridgehead atoms. The summed E-state index contributed by atoms with van der Waals surface area (Å²) in [5, 5.41) is 4.32. The minimum atomic E-state index is -2.86. The molecule has 7 heteroatoms. The summed E-state index contributed by atoms with van der Waals surface area (Å²) in [6, 6.07) is 0. The van der Waals surface area contributed by atoms with Crippen molar-refractivity contribution in [2.75, 3.05) is 25.2 Å². The Morgan fingerprint density at radius 1 is 1.50 bits per heavy atom. The Kier molecular flexibility index (Phi) is 5.54. The lowest BCUT2D eigenvalue weighted by molar-refractivity contribution is 0.181. The normalized spacial score (nSPS) is 21.4. The lowest BCUT2D eigenvalue weighted by atomic mass is 10.1. The van der Waals surface area contributed by atoms with Gasteiger partial charge in [0.25, 0.3) is 0 Å². The first kappa shape index (κ1) is 15.9. The first-order valence-corrected chi connectivity index (χ1v) is 9.58. The maximum atomic E-state index is 11.6. The Morgan fingerprint density at radius 2 is 2.30 bits per heavy atom. The summed E-state index contributed by atoms with van der Waals surface area (Å²) >= 11 is 1.63. The molecule has 1 saturated heterocycles. The van der Waals surface area contributed by atoms with E-state index >= 15 is 0 Å². The van der Waals surface area contributed by atoms with E-state index in [9.17, 15) is 8.42 Å². The molecule has 1 fully saturated rings. The summed E-state index contributed by atoms with van der Waals surface area (Å²) in [5.41, 5.74) is 0.945. The molecule has 1 aromatic heterocycles. The van der Waals surface area contributed by atoms with E-state index in [0.717, 1.165) is 30.2 Å². The van der Waals surface area contributed by atoms with Crippen LogP contribution in [-0.4, -0.2) is 38.6 Å². The molecule has 20 heavy (non-hydrogen) atoms. The van der Waals surface area contributed by atoms with E-state index in [1.165, 1.54) is 4.88 Å². The average Bonchev–Trinajstić information content (AvgIpc) is 2.94. The summed E-state index contributed by atoms with van der Waals surface area (Å²) < 4.78 is 28.4. The fourth-order valence-corrected chi connectivity index (χ4v) is 5.36. The zero-order valence-electron chi connectivity index (χ0n) is 12.0. The molecule has 0 aliphatic carbocycles. The molecule has 5 nitrogen and oxygen atoms in total. The van der Waals surface area contributed by atoms with Gasteiger partial charge >= 0.3 is 0 Å². The van der Waals surface area contributed by atoms with E-state index in [0.29, 0.717) is 18.8 Å². The van der Waals surface area contributed by atoms with Gasteiger partial charge in [-0.25, -0.2) is 13.4 Å². The van der Waals surface area contributed by atoms with Gasteiger partial charge in [0.15, 0.2) is 9.84 Å². The first-order chi connectivity index (χ1) is 9.55. The van der Waals surface area contributed by atoms with Gasteiger partial charge in [0, 0.05) is 24.4 Å². The van der Waals surface area contributed by atoms with Crippen LogP contribution in [0.1, 0.15) is 41.3 Å². The molecule has 1 aromatic rings. The molecule has 1 N–H and O–H groups in total. The molecule has 0 aromatic carbocycles. The van der Waals surface area contributed by atoms with Crippen LogP contribution in [0.2, 0.25) is 0 Å². The van der Waals surface area contributed by atoms with Gasteiger partial charge in [0.1, 0.15) is 0 Å². The molecule has 1 aliphatic rings. The Bertz CT molecular complexity index is 540. The van der Waals surface area contributed by atoms with Gasteiger partial charge in [-0.2, -0.15) is 0 Å². The highest BCUT2D eigenvalue weighted by molar-refractivity contribution is 7.91. The van der Waals surface area contributed by atoms with Gasteiger partial charge in [-0.05, 0) is 19.4 Å². The number of nitrogens with one attached hydrogen (secondary N) is 1. The van der Waals surface area contributed by atoms with E-state index < -0.39 is 9.84 Å². The minimum Gasteiger partial charge on any atom is -0.378 e.